The van der Waals surface area contributed by atoms with Crippen molar-refractivity contribution >= 4 is 15.9 Å². The van der Waals surface area contributed by atoms with Gasteiger partial charge in [-0.05, 0) is 42.9 Å². The van der Waals surface area contributed by atoms with E-state index in [1.807, 2.05) is 18.2 Å². The fourth-order valence-electron chi connectivity index (χ4n) is 2.48. The number of hydrogen-bond donors (Lipinski definition) is 1. The lowest BCUT2D eigenvalue weighted by molar-refractivity contribution is 0.101. The molecule has 0 aromatic heterocycles. The molecule has 4 heteroatoms. The van der Waals surface area contributed by atoms with Gasteiger partial charge in [-0.15, -0.1) is 0 Å². The predicted octanol–water partition coefficient (Wildman–Crippen LogP) is 4.00. The molecule has 0 atom stereocenters. The predicted molar refractivity (Wildman–Crippen MR) is 70.9 cm³/mol. The molecule has 0 amide bonds. The van der Waals surface area contributed by atoms with Crippen molar-refractivity contribution in [1.29, 1.82) is 0 Å². The van der Waals surface area contributed by atoms with Gasteiger partial charge in [0.05, 0.1) is 5.41 Å². The van der Waals surface area contributed by atoms with E-state index >= 15 is 0 Å². The zero-order valence-corrected chi connectivity index (χ0v) is 11.6. The Morgan fingerprint density at radius 1 is 1.33 bits per heavy atom. The third-order valence-corrected chi connectivity index (χ3v) is 4.75. The summed E-state index contributed by atoms with van der Waals surface area (Å²) in [6.45, 7) is 0.690. The van der Waals surface area contributed by atoms with Crippen molar-refractivity contribution in [2.24, 2.45) is 0 Å². The number of hydrogen-bond acceptors (Lipinski definition) is 1. The highest BCUT2D eigenvalue weighted by molar-refractivity contribution is 9.10. The lowest BCUT2D eigenvalue weighted by atomic mass is 9.91. The van der Waals surface area contributed by atoms with Crippen molar-refractivity contribution in [2.75, 3.05) is 0 Å². The normalized spacial score (nSPS) is 21.3. The van der Waals surface area contributed by atoms with Gasteiger partial charge in [0.2, 0.25) is 6.43 Å². The molecule has 98 valence electrons. The molecule has 0 aliphatic heterocycles. The zero-order valence-electron chi connectivity index (χ0n) is 10.1. The van der Waals surface area contributed by atoms with Crippen LogP contribution in [0.2, 0.25) is 0 Å². The van der Waals surface area contributed by atoms with E-state index < -0.39 is 11.8 Å². The van der Waals surface area contributed by atoms with E-state index in [0.29, 0.717) is 25.4 Å². The van der Waals surface area contributed by atoms with Crippen LogP contribution in [-0.2, 0) is 12.0 Å². The van der Waals surface area contributed by atoms with Crippen LogP contribution in [0.1, 0.15) is 36.8 Å². The molecule has 0 saturated heterocycles. The number of halogens is 3. The highest BCUT2D eigenvalue weighted by atomic mass is 79.9. The van der Waals surface area contributed by atoms with Crippen LogP contribution in [0.5, 0.6) is 0 Å². The molecular formula is C14H16BrF2N. The van der Waals surface area contributed by atoms with Crippen molar-refractivity contribution in [2.45, 2.75) is 50.1 Å². The van der Waals surface area contributed by atoms with E-state index in [1.165, 1.54) is 12.8 Å². The fourth-order valence-corrected chi connectivity index (χ4v) is 2.98. The molecular weight excluding hydrogens is 300 g/mol. The SMILES string of the molecule is FC(F)C1(c2cccc(Br)c2CNC2CC2)CC1. The standard InChI is InChI=1S/C14H16BrF2N/c15-12-3-1-2-11(14(6-7-14)13(16)17)10(12)8-18-9-4-5-9/h1-3,9,13,18H,4-8H2. The Labute approximate surface area is 114 Å². The van der Waals surface area contributed by atoms with Gasteiger partial charge in [0.1, 0.15) is 0 Å². The fraction of sp³-hybridized carbons (Fsp3) is 0.571. The summed E-state index contributed by atoms with van der Waals surface area (Å²) in [4.78, 5) is 0. The van der Waals surface area contributed by atoms with Crippen molar-refractivity contribution in [3.63, 3.8) is 0 Å². The van der Waals surface area contributed by atoms with Gasteiger partial charge in [-0.1, -0.05) is 28.1 Å². The third kappa shape index (κ3) is 2.21. The summed E-state index contributed by atoms with van der Waals surface area (Å²) < 4.78 is 27.4. The summed E-state index contributed by atoms with van der Waals surface area (Å²) in [6, 6.07) is 6.26. The van der Waals surface area contributed by atoms with Crippen LogP contribution in [0.15, 0.2) is 22.7 Å². The second-order valence-corrected chi connectivity index (χ2v) is 6.23. The Balaban J connectivity index is 1.90. The summed E-state index contributed by atoms with van der Waals surface area (Å²) in [6.07, 6.45) is 1.38. The average Bonchev–Trinajstić information content (AvgIpc) is 3.21. The molecule has 1 aromatic rings. The molecule has 2 aliphatic rings. The van der Waals surface area contributed by atoms with Crippen LogP contribution in [0.25, 0.3) is 0 Å². The Morgan fingerprint density at radius 2 is 2.06 bits per heavy atom. The molecule has 1 nitrogen and oxygen atoms in total. The smallest absolute Gasteiger partial charge is 0.248 e. The highest BCUT2D eigenvalue weighted by Crippen LogP contribution is 2.54. The van der Waals surface area contributed by atoms with Gasteiger partial charge in [0.15, 0.2) is 0 Å². The molecule has 18 heavy (non-hydrogen) atoms. The maximum atomic E-state index is 13.2. The van der Waals surface area contributed by atoms with Crippen molar-refractivity contribution < 1.29 is 8.78 Å². The molecule has 2 fully saturated rings. The summed E-state index contributed by atoms with van der Waals surface area (Å²) in [5, 5.41) is 3.42. The molecule has 2 aliphatic carbocycles. The highest BCUT2D eigenvalue weighted by Gasteiger charge is 2.53. The molecule has 0 radical (unpaired) electrons. The van der Waals surface area contributed by atoms with E-state index in [-0.39, 0.29) is 0 Å². The monoisotopic (exact) mass is 315 g/mol. The van der Waals surface area contributed by atoms with Gasteiger partial charge >= 0.3 is 0 Å². The molecule has 1 N–H and O–H groups in total. The minimum atomic E-state index is -2.26. The van der Waals surface area contributed by atoms with Gasteiger partial charge in [-0.3, -0.25) is 0 Å². The first-order valence-electron chi connectivity index (χ1n) is 6.43. The first-order chi connectivity index (χ1) is 8.63. The molecule has 0 spiro atoms. The van der Waals surface area contributed by atoms with E-state index in [4.69, 9.17) is 0 Å². The molecule has 0 bridgehead atoms. The van der Waals surface area contributed by atoms with Crippen molar-refractivity contribution in [1.82, 2.24) is 5.32 Å². The molecule has 3 rings (SSSR count). The molecule has 1 aromatic carbocycles. The molecule has 0 unspecified atom stereocenters. The van der Waals surface area contributed by atoms with Crippen LogP contribution in [0.4, 0.5) is 8.78 Å². The van der Waals surface area contributed by atoms with Crippen LogP contribution in [0.3, 0.4) is 0 Å². The van der Waals surface area contributed by atoms with E-state index in [0.717, 1.165) is 15.6 Å². The zero-order chi connectivity index (χ0) is 12.8. The summed E-state index contributed by atoms with van der Waals surface area (Å²) >= 11 is 3.50. The lowest BCUT2D eigenvalue weighted by Crippen LogP contribution is -2.23. The Kier molecular flexibility index (Phi) is 3.18. The van der Waals surface area contributed by atoms with Gasteiger partial charge in [0.25, 0.3) is 0 Å². The average molecular weight is 316 g/mol. The second-order valence-electron chi connectivity index (χ2n) is 5.38. The van der Waals surface area contributed by atoms with Crippen LogP contribution >= 0.6 is 15.9 Å². The Hall–Kier alpha value is -0.480. The number of benzene rings is 1. The van der Waals surface area contributed by atoms with Gasteiger partial charge in [-0.2, -0.15) is 0 Å². The maximum absolute atomic E-state index is 13.2. The van der Waals surface area contributed by atoms with Crippen LogP contribution in [0, 0.1) is 0 Å². The van der Waals surface area contributed by atoms with Gasteiger partial charge in [0, 0.05) is 17.1 Å². The second kappa shape index (κ2) is 4.57. The van der Waals surface area contributed by atoms with Crippen LogP contribution < -0.4 is 5.32 Å². The minimum absolute atomic E-state index is 0.589. The summed E-state index contributed by atoms with van der Waals surface area (Å²) in [5.41, 5.74) is 0.979. The first-order valence-corrected chi connectivity index (χ1v) is 7.22. The van der Waals surface area contributed by atoms with E-state index in [2.05, 4.69) is 21.2 Å². The molecule has 0 heterocycles. The van der Waals surface area contributed by atoms with Crippen molar-refractivity contribution in [3.05, 3.63) is 33.8 Å². The summed E-state index contributed by atoms with van der Waals surface area (Å²) in [7, 11) is 0. The first kappa shape index (κ1) is 12.5. The van der Waals surface area contributed by atoms with Gasteiger partial charge < -0.3 is 5.32 Å². The quantitative estimate of drug-likeness (QED) is 0.866. The number of rotatable bonds is 5. The van der Waals surface area contributed by atoms with E-state index in [9.17, 15) is 8.78 Å². The van der Waals surface area contributed by atoms with Crippen molar-refractivity contribution in [3.8, 4) is 0 Å². The van der Waals surface area contributed by atoms with E-state index in [1.54, 1.807) is 0 Å². The Bertz CT molecular complexity index is 453. The summed E-state index contributed by atoms with van der Waals surface area (Å²) in [5.74, 6) is 0. The largest absolute Gasteiger partial charge is 0.310 e. The number of nitrogens with one attached hydrogen (secondary N) is 1. The maximum Gasteiger partial charge on any atom is 0.248 e. The third-order valence-electron chi connectivity index (χ3n) is 4.01. The number of alkyl halides is 2. The Morgan fingerprint density at radius 3 is 2.61 bits per heavy atom. The lowest BCUT2D eigenvalue weighted by Gasteiger charge is -2.20. The molecule has 2 saturated carbocycles. The topological polar surface area (TPSA) is 12.0 Å². The minimum Gasteiger partial charge on any atom is -0.310 e. The van der Waals surface area contributed by atoms with Crippen LogP contribution in [-0.4, -0.2) is 12.5 Å². The van der Waals surface area contributed by atoms with Gasteiger partial charge in [-0.25, -0.2) is 8.78 Å².